The fraction of sp³-hybridized carbons (Fsp3) is 0.400. The largest absolute Gasteiger partial charge is 0.388 e. The molecule has 1 aliphatic heterocycles. The summed E-state index contributed by atoms with van der Waals surface area (Å²) in [6, 6.07) is 4.92. The SMILES string of the molecule is CC1(O)CNc2c(F)cccc2C1. The first-order valence-corrected chi connectivity index (χ1v) is 4.32. The van der Waals surface area contributed by atoms with E-state index in [-0.39, 0.29) is 5.82 Å². The first-order valence-electron chi connectivity index (χ1n) is 4.32. The Hall–Kier alpha value is -1.09. The van der Waals surface area contributed by atoms with Crippen LogP contribution >= 0.6 is 0 Å². The maximum atomic E-state index is 13.2. The van der Waals surface area contributed by atoms with Crippen LogP contribution in [0.2, 0.25) is 0 Å². The summed E-state index contributed by atoms with van der Waals surface area (Å²) >= 11 is 0. The van der Waals surface area contributed by atoms with Crippen LogP contribution in [0.25, 0.3) is 0 Å². The summed E-state index contributed by atoms with van der Waals surface area (Å²) in [4.78, 5) is 0. The van der Waals surface area contributed by atoms with Gasteiger partial charge in [0.1, 0.15) is 5.82 Å². The quantitative estimate of drug-likeness (QED) is 0.636. The number of para-hydroxylation sites is 1. The monoisotopic (exact) mass is 181 g/mol. The Morgan fingerprint density at radius 2 is 2.31 bits per heavy atom. The first kappa shape index (κ1) is 8.51. The van der Waals surface area contributed by atoms with E-state index in [1.807, 2.05) is 6.07 Å². The van der Waals surface area contributed by atoms with Crippen LogP contribution in [0.4, 0.5) is 10.1 Å². The molecule has 2 rings (SSSR count). The number of anilines is 1. The Balaban J connectivity index is 2.42. The van der Waals surface area contributed by atoms with Crippen molar-refractivity contribution in [3.8, 4) is 0 Å². The molecule has 1 unspecified atom stereocenters. The van der Waals surface area contributed by atoms with Gasteiger partial charge in [0.05, 0.1) is 11.3 Å². The zero-order chi connectivity index (χ0) is 9.47. The normalized spacial score (nSPS) is 26.4. The maximum Gasteiger partial charge on any atom is 0.146 e. The fourth-order valence-corrected chi connectivity index (χ4v) is 1.67. The van der Waals surface area contributed by atoms with Crippen molar-refractivity contribution in [2.45, 2.75) is 18.9 Å². The van der Waals surface area contributed by atoms with Crippen molar-refractivity contribution in [3.63, 3.8) is 0 Å². The molecule has 1 aromatic carbocycles. The lowest BCUT2D eigenvalue weighted by Crippen LogP contribution is -2.39. The molecule has 1 atom stereocenters. The molecule has 0 radical (unpaired) electrons. The minimum absolute atomic E-state index is 0.243. The van der Waals surface area contributed by atoms with Crippen molar-refractivity contribution in [3.05, 3.63) is 29.6 Å². The van der Waals surface area contributed by atoms with Crippen LogP contribution in [0, 0.1) is 5.82 Å². The molecule has 13 heavy (non-hydrogen) atoms. The summed E-state index contributed by atoms with van der Waals surface area (Å²) in [5, 5.41) is 12.6. The van der Waals surface area contributed by atoms with Gasteiger partial charge in [-0.2, -0.15) is 0 Å². The third-order valence-corrected chi connectivity index (χ3v) is 2.32. The van der Waals surface area contributed by atoms with Gasteiger partial charge in [-0.25, -0.2) is 4.39 Å². The molecule has 2 N–H and O–H groups in total. The molecule has 0 aliphatic carbocycles. The van der Waals surface area contributed by atoms with E-state index in [0.717, 1.165) is 5.56 Å². The van der Waals surface area contributed by atoms with Crippen LogP contribution in [-0.2, 0) is 6.42 Å². The highest BCUT2D eigenvalue weighted by Crippen LogP contribution is 2.28. The molecular weight excluding hydrogens is 169 g/mol. The number of halogens is 1. The van der Waals surface area contributed by atoms with E-state index in [1.165, 1.54) is 6.07 Å². The molecule has 1 aliphatic rings. The third-order valence-electron chi connectivity index (χ3n) is 2.32. The minimum Gasteiger partial charge on any atom is -0.388 e. The summed E-state index contributed by atoms with van der Waals surface area (Å²) < 4.78 is 13.2. The Labute approximate surface area is 76.4 Å². The van der Waals surface area contributed by atoms with Gasteiger partial charge < -0.3 is 10.4 Å². The number of β-amino-alcohol motifs (C(OH)–C–C–N with tert-alkyl or cyclic N) is 1. The van der Waals surface area contributed by atoms with E-state index >= 15 is 0 Å². The first-order chi connectivity index (χ1) is 6.08. The van der Waals surface area contributed by atoms with Gasteiger partial charge in [-0.15, -0.1) is 0 Å². The van der Waals surface area contributed by atoms with E-state index in [2.05, 4.69) is 5.32 Å². The Kier molecular flexibility index (Phi) is 1.77. The summed E-state index contributed by atoms with van der Waals surface area (Å²) in [5.74, 6) is -0.243. The topological polar surface area (TPSA) is 32.3 Å². The third kappa shape index (κ3) is 1.52. The van der Waals surface area contributed by atoms with E-state index < -0.39 is 5.60 Å². The van der Waals surface area contributed by atoms with Crippen molar-refractivity contribution >= 4 is 5.69 Å². The van der Waals surface area contributed by atoms with Crippen LogP contribution < -0.4 is 5.32 Å². The number of nitrogens with one attached hydrogen (secondary N) is 1. The second kappa shape index (κ2) is 2.70. The van der Waals surface area contributed by atoms with Gasteiger partial charge in [-0.1, -0.05) is 12.1 Å². The molecule has 0 amide bonds. The minimum atomic E-state index is -0.763. The van der Waals surface area contributed by atoms with Crippen molar-refractivity contribution in [1.82, 2.24) is 0 Å². The Morgan fingerprint density at radius 3 is 3.08 bits per heavy atom. The predicted molar refractivity (Wildman–Crippen MR) is 49.2 cm³/mol. The smallest absolute Gasteiger partial charge is 0.146 e. The highest BCUT2D eigenvalue weighted by atomic mass is 19.1. The molecule has 0 aromatic heterocycles. The van der Waals surface area contributed by atoms with Gasteiger partial charge in [-0.3, -0.25) is 0 Å². The molecule has 0 bridgehead atoms. The second-order valence-corrected chi connectivity index (χ2v) is 3.80. The van der Waals surface area contributed by atoms with E-state index in [9.17, 15) is 9.50 Å². The molecule has 3 heteroatoms. The zero-order valence-electron chi connectivity index (χ0n) is 7.47. The van der Waals surface area contributed by atoms with Gasteiger partial charge in [-0.05, 0) is 18.6 Å². The lowest BCUT2D eigenvalue weighted by atomic mass is 9.91. The van der Waals surface area contributed by atoms with Crippen LogP contribution in [-0.4, -0.2) is 17.3 Å². The molecule has 0 saturated heterocycles. The number of fused-ring (bicyclic) bond motifs is 1. The summed E-state index contributed by atoms with van der Waals surface area (Å²) in [7, 11) is 0. The maximum absolute atomic E-state index is 13.2. The average Bonchev–Trinajstić information content (AvgIpc) is 2.02. The van der Waals surface area contributed by atoms with Crippen LogP contribution in [0.5, 0.6) is 0 Å². The van der Waals surface area contributed by atoms with E-state index in [0.29, 0.717) is 18.7 Å². The van der Waals surface area contributed by atoms with Gasteiger partial charge in [0.25, 0.3) is 0 Å². The molecule has 70 valence electrons. The lowest BCUT2D eigenvalue weighted by molar-refractivity contribution is 0.0708. The predicted octanol–water partition coefficient (Wildman–Crippen LogP) is 1.54. The molecular formula is C10H12FNO. The molecule has 1 heterocycles. The van der Waals surface area contributed by atoms with Crippen molar-refractivity contribution in [1.29, 1.82) is 0 Å². The lowest BCUT2D eigenvalue weighted by Gasteiger charge is -2.31. The van der Waals surface area contributed by atoms with Crippen LogP contribution in [0.1, 0.15) is 12.5 Å². The summed E-state index contributed by atoms with van der Waals surface area (Å²) in [6.07, 6.45) is 0.507. The molecule has 2 nitrogen and oxygen atoms in total. The molecule has 0 saturated carbocycles. The molecule has 0 spiro atoms. The van der Waals surface area contributed by atoms with Crippen LogP contribution in [0.3, 0.4) is 0 Å². The number of hydrogen-bond donors (Lipinski definition) is 2. The second-order valence-electron chi connectivity index (χ2n) is 3.80. The average molecular weight is 181 g/mol. The van der Waals surface area contributed by atoms with Crippen molar-refractivity contribution in [2.75, 3.05) is 11.9 Å². The van der Waals surface area contributed by atoms with E-state index in [1.54, 1.807) is 13.0 Å². The van der Waals surface area contributed by atoms with E-state index in [4.69, 9.17) is 0 Å². The van der Waals surface area contributed by atoms with Crippen molar-refractivity contribution < 1.29 is 9.50 Å². The Bertz CT molecular complexity index is 336. The number of rotatable bonds is 0. The summed E-state index contributed by atoms with van der Waals surface area (Å²) in [6.45, 7) is 2.15. The van der Waals surface area contributed by atoms with Gasteiger partial charge >= 0.3 is 0 Å². The fourth-order valence-electron chi connectivity index (χ4n) is 1.67. The zero-order valence-corrected chi connectivity index (χ0v) is 7.47. The number of aliphatic hydroxyl groups is 1. The molecule has 0 fully saturated rings. The van der Waals surface area contributed by atoms with Crippen molar-refractivity contribution in [2.24, 2.45) is 0 Å². The van der Waals surface area contributed by atoms with Gasteiger partial charge in [0.2, 0.25) is 0 Å². The summed E-state index contributed by atoms with van der Waals surface area (Å²) in [5.41, 5.74) is 0.617. The van der Waals surface area contributed by atoms with Gasteiger partial charge in [0.15, 0.2) is 0 Å². The number of benzene rings is 1. The van der Waals surface area contributed by atoms with Gasteiger partial charge in [0, 0.05) is 13.0 Å². The number of hydrogen-bond acceptors (Lipinski definition) is 2. The molecule has 1 aromatic rings. The highest BCUT2D eigenvalue weighted by molar-refractivity contribution is 5.55. The van der Waals surface area contributed by atoms with Crippen LogP contribution in [0.15, 0.2) is 18.2 Å². The Morgan fingerprint density at radius 1 is 1.54 bits per heavy atom. The highest BCUT2D eigenvalue weighted by Gasteiger charge is 2.27. The standard InChI is InChI=1S/C10H12FNO/c1-10(13)5-7-3-2-4-8(11)9(7)12-6-10/h2-4,12-13H,5-6H2,1H3.